The van der Waals surface area contributed by atoms with Crippen molar-refractivity contribution in [1.29, 1.82) is 0 Å². The van der Waals surface area contributed by atoms with Crippen LogP contribution in [-0.2, 0) is 10.0 Å². The van der Waals surface area contributed by atoms with Gasteiger partial charge in [0.2, 0.25) is 15.5 Å². The topological polar surface area (TPSA) is 108 Å². The normalized spacial score (nSPS) is 12.0. The Bertz CT molecular complexity index is 920. The highest BCUT2D eigenvalue weighted by atomic mass is 35.5. The minimum absolute atomic E-state index is 0.0207. The predicted octanol–water partition coefficient (Wildman–Crippen LogP) is 1.69. The van der Waals surface area contributed by atoms with Crippen LogP contribution < -0.4 is 5.43 Å². The van der Waals surface area contributed by atoms with Gasteiger partial charge in [-0.3, -0.25) is 4.79 Å². The number of aromatic amines is 1. The molecule has 2 rings (SSSR count). The van der Waals surface area contributed by atoms with Gasteiger partial charge in [0.25, 0.3) is 0 Å². The van der Waals surface area contributed by atoms with E-state index in [-0.39, 0.29) is 35.1 Å². The number of nitrogens with one attached hydrogen (secondary N) is 1. The molecular weight excluding hydrogens is 379 g/mol. The third-order valence-electron chi connectivity index (χ3n) is 3.39. The molecule has 2 aromatic rings. The Balaban J connectivity index is 2.62. The van der Waals surface area contributed by atoms with Crippen molar-refractivity contribution < 1.29 is 18.3 Å². The third-order valence-corrected chi connectivity index (χ3v) is 5.62. The fourth-order valence-electron chi connectivity index (χ4n) is 2.21. The van der Waals surface area contributed by atoms with Gasteiger partial charge in [-0.15, -0.1) is 23.2 Å². The monoisotopic (exact) mass is 392 g/mol. The van der Waals surface area contributed by atoms with E-state index in [9.17, 15) is 18.0 Å². The number of hydrogen-bond donors (Lipinski definition) is 2. The molecule has 0 atom stereocenters. The van der Waals surface area contributed by atoms with Crippen molar-refractivity contribution in [2.75, 3.05) is 24.8 Å². The highest BCUT2D eigenvalue weighted by Crippen LogP contribution is 2.20. The zero-order valence-electron chi connectivity index (χ0n) is 12.3. The number of halogens is 2. The van der Waals surface area contributed by atoms with E-state index in [1.54, 1.807) is 0 Å². The number of hydrogen-bond acceptors (Lipinski definition) is 4. The van der Waals surface area contributed by atoms with E-state index >= 15 is 0 Å². The number of nitrogens with zero attached hydrogens (tertiary/aromatic N) is 1. The Kier molecular flexibility index (Phi) is 5.87. The van der Waals surface area contributed by atoms with Crippen LogP contribution >= 0.6 is 23.2 Å². The van der Waals surface area contributed by atoms with Crippen molar-refractivity contribution in [2.45, 2.75) is 4.90 Å². The smallest absolute Gasteiger partial charge is 0.341 e. The van der Waals surface area contributed by atoms with Crippen LogP contribution in [0.4, 0.5) is 0 Å². The van der Waals surface area contributed by atoms with Crippen LogP contribution in [0, 0.1) is 0 Å². The maximum atomic E-state index is 12.7. The molecule has 0 saturated heterocycles. The molecule has 0 radical (unpaired) electrons. The summed E-state index contributed by atoms with van der Waals surface area (Å²) in [5.41, 5.74) is -0.879. The molecule has 2 N–H and O–H groups in total. The van der Waals surface area contributed by atoms with Gasteiger partial charge in [-0.1, -0.05) is 0 Å². The Labute approximate surface area is 147 Å². The molecule has 130 valence electrons. The molecule has 0 unspecified atom stereocenters. The Morgan fingerprint density at radius 2 is 1.83 bits per heavy atom. The van der Waals surface area contributed by atoms with Crippen LogP contribution in [0.5, 0.6) is 0 Å². The summed E-state index contributed by atoms with van der Waals surface area (Å²) >= 11 is 11.3. The maximum absolute atomic E-state index is 12.7. The minimum Gasteiger partial charge on any atom is -0.477 e. The first-order valence-electron chi connectivity index (χ1n) is 6.83. The number of benzene rings is 1. The number of aromatic carboxylic acids is 1. The van der Waals surface area contributed by atoms with Gasteiger partial charge in [-0.2, -0.15) is 4.31 Å². The van der Waals surface area contributed by atoms with Crippen molar-refractivity contribution in [3.63, 3.8) is 0 Å². The lowest BCUT2D eigenvalue weighted by Gasteiger charge is -2.20. The molecule has 10 heteroatoms. The summed E-state index contributed by atoms with van der Waals surface area (Å²) in [7, 11) is -3.90. The van der Waals surface area contributed by atoms with Gasteiger partial charge in [0, 0.05) is 41.9 Å². The lowest BCUT2D eigenvalue weighted by Crippen LogP contribution is -2.34. The molecule has 0 aliphatic heterocycles. The number of pyridine rings is 1. The second-order valence-electron chi connectivity index (χ2n) is 4.83. The highest BCUT2D eigenvalue weighted by molar-refractivity contribution is 7.89. The van der Waals surface area contributed by atoms with E-state index in [0.717, 1.165) is 16.6 Å². The van der Waals surface area contributed by atoms with E-state index in [1.807, 2.05) is 0 Å². The van der Waals surface area contributed by atoms with Crippen LogP contribution in [0.2, 0.25) is 0 Å². The van der Waals surface area contributed by atoms with E-state index < -0.39 is 27.0 Å². The molecular formula is C14H14Cl2N2O5S. The van der Waals surface area contributed by atoms with Crippen LogP contribution in [0.15, 0.2) is 34.1 Å². The first-order valence-corrected chi connectivity index (χ1v) is 9.34. The van der Waals surface area contributed by atoms with Crippen LogP contribution in [0.3, 0.4) is 0 Å². The van der Waals surface area contributed by atoms with Gasteiger partial charge in [-0.25, -0.2) is 13.2 Å². The first kappa shape index (κ1) is 18.7. The van der Waals surface area contributed by atoms with E-state index in [4.69, 9.17) is 28.3 Å². The highest BCUT2D eigenvalue weighted by Gasteiger charge is 2.24. The van der Waals surface area contributed by atoms with Crippen LogP contribution in [0.25, 0.3) is 10.9 Å². The van der Waals surface area contributed by atoms with E-state index in [0.29, 0.717) is 5.52 Å². The summed E-state index contributed by atoms with van der Waals surface area (Å²) in [5, 5.41) is 8.99. The molecule has 0 bridgehead atoms. The van der Waals surface area contributed by atoms with E-state index in [2.05, 4.69) is 4.98 Å². The maximum Gasteiger partial charge on any atom is 0.341 e. The second kappa shape index (κ2) is 7.52. The quantitative estimate of drug-likeness (QED) is 0.697. The number of carboxylic acid groups (broad SMARTS) is 1. The van der Waals surface area contributed by atoms with Crippen LogP contribution in [0.1, 0.15) is 10.4 Å². The molecule has 0 saturated carbocycles. The van der Waals surface area contributed by atoms with Crippen molar-refractivity contribution in [1.82, 2.24) is 9.29 Å². The van der Waals surface area contributed by atoms with Crippen molar-refractivity contribution in [3.8, 4) is 0 Å². The summed E-state index contributed by atoms with van der Waals surface area (Å²) < 4.78 is 26.4. The SMILES string of the molecule is O=C(O)c1c[nH]c2ccc(S(=O)(=O)N(CCCl)CCCl)cc2c1=O. The van der Waals surface area contributed by atoms with Gasteiger partial charge >= 0.3 is 5.97 Å². The lowest BCUT2D eigenvalue weighted by atomic mass is 10.1. The molecule has 1 aromatic heterocycles. The van der Waals surface area contributed by atoms with Gasteiger partial charge in [0.1, 0.15) is 5.56 Å². The molecule has 0 spiro atoms. The second-order valence-corrected chi connectivity index (χ2v) is 7.52. The standard InChI is InChI=1S/C14H14Cl2N2O5S/c15-3-5-18(6-4-16)24(22,23)9-1-2-12-10(7-9)13(19)11(8-17-12)14(20)21/h1-2,7-8H,3-6H2,(H,17,19)(H,20,21). The van der Waals surface area contributed by atoms with Gasteiger partial charge in [0.15, 0.2) is 0 Å². The molecule has 0 fully saturated rings. The number of sulfonamides is 1. The number of rotatable bonds is 7. The van der Waals surface area contributed by atoms with Crippen molar-refractivity contribution in [3.05, 3.63) is 40.2 Å². The first-order chi connectivity index (χ1) is 11.3. The molecule has 7 nitrogen and oxygen atoms in total. The average Bonchev–Trinajstić information content (AvgIpc) is 2.54. The number of H-pyrrole nitrogens is 1. The summed E-state index contributed by atoms with van der Waals surface area (Å²) in [6.07, 6.45) is 1.08. The fraction of sp³-hybridized carbons (Fsp3) is 0.286. The Hall–Kier alpha value is -1.61. The number of alkyl halides is 2. The predicted molar refractivity (Wildman–Crippen MR) is 91.7 cm³/mol. The molecule has 0 aliphatic rings. The van der Waals surface area contributed by atoms with Crippen LogP contribution in [-0.4, -0.2) is 53.6 Å². The third kappa shape index (κ3) is 3.56. The largest absolute Gasteiger partial charge is 0.477 e. The summed E-state index contributed by atoms with van der Waals surface area (Å²) in [6, 6.07) is 3.91. The molecule has 0 amide bonds. The lowest BCUT2D eigenvalue weighted by molar-refractivity contribution is 0.0695. The molecule has 24 heavy (non-hydrogen) atoms. The number of carboxylic acids is 1. The number of carbonyl (C=O) groups is 1. The fourth-order valence-corrected chi connectivity index (χ4v) is 4.28. The van der Waals surface area contributed by atoms with Crippen molar-refractivity contribution in [2.24, 2.45) is 0 Å². The summed E-state index contributed by atoms with van der Waals surface area (Å²) in [5.74, 6) is -1.21. The Morgan fingerprint density at radius 1 is 1.21 bits per heavy atom. The van der Waals surface area contributed by atoms with Crippen molar-refractivity contribution >= 4 is 50.1 Å². The molecule has 0 aliphatic carbocycles. The van der Waals surface area contributed by atoms with Gasteiger partial charge in [-0.05, 0) is 18.2 Å². The number of fused-ring (bicyclic) bond motifs is 1. The molecule has 1 heterocycles. The minimum atomic E-state index is -3.90. The Morgan fingerprint density at radius 3 is 2.38 bits per heavy atom. The number of aromatic nitrogens is 1. The summed E-state index contributed by atoms with van der Waals surface area (Å²) in [4.78, 5) is 25.8. The zero-order valence-corrected chi connectivity index (χ0v) is 14.7. The average molecular weight is 393 g/mol. The zero-order chi connectivity index (χ0) is 17.9. The summed E-state index contributed by atoms with van der Waals surface area (Å²) in [6.45, 7) is 0.139. The van der Waals surface area contributed by atoms with E-state index in [1.165, 1.54) is 12.1 Å². The molecule has 1 aromatic carbocycles. The van der Waals surface area contributed by atoms with Gasteiger partial charge < -0.3 is 10.1 Å². The van der Waals surface area contributed by atoms with Gasteiger partial charge in [0.05, 0.1) is 4.90 Å².